The van der Waals surface area contributed by atoms with Gasteiger partial charge in [0.25, 0.3) is 0 Å². The van der Waals surface area contributed by atoms with Crippen molar-refractivity contribution < 1.29 is 9.53 Å². The predicted molar refractivity (Wildman–Crippen MR) is 84.6 cm³/mol. The number of ether oxygens (including phenoxy) is 1. The summed E-state index contributed by atoms with van der Waals surface area (Å²) in [7, 11) is 0. The van der Waals surface area contributed by atoms with Gasteiger partial charge in [0.1, 0.15) is 6.10 Å². The van der Waals surface area contributed by atoms with Crippen molar-refractivity contribution in [2.24, 2.45) is 0 Å². The lowest BCUT2D eigenvalue weighted by Crippen LogP contribution is -2.17. The number of hydrogen-bond acceptors (Lipinski definition) is 4. The summed E-state index contributed by atoms with van der Waals surface area (Å²) >= 11 is 3.47. The van der Waals surface area contributed by atoms with Gasteiger partial charge in [-0.3, -0.25) is 4.79 Å². The Labute approximate surface area is 126 Å². The predicted octanol–water partition coefficient (Wildman–Crippen LogP) is 4.51. The Morgan fingerprint density at radius 2 is 1.95 bits per heavy atom. The Morgan fingerprint density at radius 1 is 1.15 bits per heavy atom. The van der Waals surface area contributed by atoms with Crippen molar-refractivity contribution in [3.05, 3.63) is 64.4 Å². The van der Waals surface area contributed by atoms with Gasteiger partial charge in [0.15, 0.2) is 0 Å². The molecule has 1 aromatic carbocycles. The van der Waals surface area contributed by atoms with Crippen molar-refractivity contribution in [2.45, 2.75) is 18.3 Å². The molecule has 2 heterocycles. The summed E-state index contributed by atoms with van der Waals surface area (Å²) in [5.74, 6) is -0.236. The van der Waals surface area contributed by atoms with Gasteiger partial charge in [0, 0.05) is 16.7 Å². The zero-order valence-corrected chi connectivity index (χ0v) is 12.6. The third-order valence-electron chi connectivity index (χ3n) is 3.06. The van der Waals surface area contributed by atoms with E-state index in [1.54, 1.807) is 23.1 Å². The van der Waals surface area contributed by atoms with Gasteiger partial charge in [0.2, 0.25) is 0 Å². The molecule has 0 bridgehead atoms. The van der Waals surface area contributed by atoms with Crippen molar-refractivity contribution in [2.75, 3.05) is 0 Å². The molecular formula is C16H14O2S2. The van der Waals surface area contributed by atoms with Gasteiger partial charge in [-0.15, -0.1) is 23.1 Å². The first-order valence-corrected chi connectivity index (χ1v) is 8.14. The second-order valence-electron chi connectivity index (χ2n) is 4.53. The van der Waals surface area contributed by atoms with Crippen LogP contribution < -0.4 is 0 Å². The highest BCUT2D eigenvalue weighted by Gasteiger charge is 2.32. The monoisotopic (exact) mass is 302 g/mol. The maximum absolute atomic E-state index is 11.3. The summed E-state index contributed by atoms with van der Waals surface area (Å²) in [6.45, 7) is 1.46. The minimum absolute atomic E-state index is 0.136. The van der Waals surface area contributed by atoms with E-state index in [0.717, 1.165) is 0 Å². The fourth-order valence-electron chi connectivity index (χ4n) is 2.23. The largest absolute Gasteiger partial charge is 0.457 e. The molecule has 0 amide bonds. The molecule has 4 heteroatoms. The molecule has 0 N–H and O–H groups in total. The van der Waals surface area contributed by atoms with Crippen molar-refractivity contribution >= 4 is 34.0 Å². The number of esters is 1. The topological polar surface area (TPSA) is 26.3 Å². The molecule has 1 aliphatic rings. The van der Waals surface area contributed by atoms with Crippen LogP contribution in [0.15, 0.2) is 53.9 Å². The van der Waals surface area contributed by atoms with Crippen LogP contribution in [0, 0.1) is 0 Å². The number of hydrogen-bond donors (Lipinski definition) is 0. The normalized spacial score (nSPS) is 21.6. The van der Waals surface area contributed by atoms with E-state index in [1.165, 1.54) is 22.3 Å². The third kappa shape index (κ3) is 2.81. The first kappa shape index (κ1) is 13.5. The Bertz CT molecular complexity index is 617. The fraction of sp³-hybridized carbons (Fsp3) is 0.188. The van der Waals surface area contributed by atoms with Crippen LogP contribution in [-0.2, 0) is 9.53 Å². The van der Waals surface area contributed by atoms with E-state index < -0.39 is 0 Å². The first-order chi connectivity index (χ1) is 9.74. The second-order valence-corrected chi connectivity index (χ2v) is 6.66. The average molecular weight is 302 g/mol. The number of carbonyl (C=O) groups is 1. The number of rotatable bonds is 3. The Hall–Kier alpha value is -1.52. The van der Waals surface area contributed by atoms with Crippen LogP contribution in [0.5, 0.6) is 0 Å². The highest BCUT2D eigenvalue weighted by atomic mass is 32.2. The molecule has 3 rings (SSSR count). The summed E-state index contributed by atoms with van der Waals surface area (Å²) in [5.41, 5.74) is 1.19. The maximum atomic E-state index is 11.3. The number of thiophene rings is 1. The Balaban J connectivity index is 1.89. The molecule has 102 valence electrons. The van der Waals surface area contributed by atoms with Gasteiger partial charge in [0.05, 0.1) is 5.25 Å². The van der Waals surface area contributed by atoms with Crippen LogP contribution in [0.1, 0.15) is 22.6 Å². The smallest absolute Gasteiger partial charge is 0.303 e. The van der Waals surface area contributed by atoms with E-state index in [1.807, 2.05) is 24.3 Å². The van der Waals surface area contributed by atoms with Crippen LogP contribution in [0.2, 0.25) is 0 Å². The molecule has 20 heavy (non-hydrogen) atoms. The second kappa shape index (κ2) is 5.85. The fourth-order valence-corrected chi connectivity index (χ4v) is 4.39. The number of thioether (sulfide) groups is 1. The Morgan fingerprint density at radius 3 is 2.60 bits per heavy atom. The average Bonchev–Trinajstić information content (AvgIpc) is 3.08. The standard InChI is InChI=1S/C16H14O2S2/c1-11(17)18-13-10-15(14-8-5-9-19-14)20-16(13)12-6-3-2-4-7-12/h2-10,13,16H,1H3. The zero-order valence-electron chi connectivity index (χ0n) is 11.0. The van der Waals surface area contributed by atoms with Crippen LogP contribution in [0.3, 0.4) is 0 Å². The van der Waals surface area contributed by atoms with E-state index in [2.05, 4.69) is 29.7 Å². The lowest BCUT2D eigenvalue weighted by atomic mass is 10.1. The van der Waals surface area contributed by atoms with Crippen LogP contribution in [-0.4, -0.2) is 12.1 Å². The molecule has 0 saturated heterocycles. The zero-order chi connectivity index (χ0) is 13.9. The van der Waals surface area contributed by atoms with E-state index in [4.69, 9.17) is 4.74 Å². The molecule has 2 atom stereocenters. The van der Waals surface area contributed by atoms with Crippen molar-refractivity contribution in [1.82, 2.24) is 0 Å². The molecule has 0 fully saturated rings. The van der Waals surface area contributed by atoms with E-state index in [0.29, 0.717) is 0 Å². The molecule has 2 aromatic rings. The van der Waals surface area contributed by atoms with E-state index >= 15 is 0 Å². The van der Waals surface area contributed by atoms with Crippen molar-refractivity contribution in [3.8, 4) is 0 Å². The summed E-state index contributed by atoms with van der Waals surface area (Å²) in [6, 6.07) is 14.3. The molecule has 1 aliphatic heterocycles. The third-order valence-corrected chi connectivity index (χ3v) is 5.50. The van der Waals surface area contributed by atoms with E-state index in [9.17, 15) is 4.79 Å². The summed E-state index contributed by atoms with van der Waals surface area (Å²) < 4.78 is 5.47. The molecule has 0 radical (unpaired) electrons. The first-order valence-electron chi connectivity index (χ1n) is 6.38. The van der Waals surface area contributed by atoms with E-state index in [-0.39, 0.29) is 17.3 Å². The highest BCUT2D eigenvalue weighted by molar-refractivity contribution is 8.09. The van der Waals surface area contributed by atoms with Crippen molar-refractivity contribution in [1.29, 1.82) is 0 Å². The molecule has 1 aromatic heterocycles. The quantitative estimate of drug-likeness (QED) is 0.780. The highest BCUT2D eigenvalue weighted by Crippen LogP contribution is 2.50. The van der Waals surface area contributed by atoms with Gasteiger partial charge in [-0.05, 0) is 23.1 Å². The molecule has 0 saturated carbocycles. The lowest BCUT2D eigenvalue weighted by Gasteiger charge is -2.18. The molecule has 2 nitrogen and oxygen atoms in total. The maximum Gasteiger partial charge on any atom is 0.303 e. The van der Waals surface area contributed by atoms with Gasteiger partial charge < -0.3 is 4.74 Å². The molecule has 2 unspecified atom stereocenters. The summed E-state index contributed by atoms with van der Waals surface area (Å²) in [6.07, 6.45) is 1.87. The number of carbonyl (C=O) groups excluding carboxylic acids is 1. The van der Waals surface area contributed by atoms with Gasteiger partial charge >= 0.3 is 5.97 Å². The molecule has 0 aliphatic carbocycles. The summed E-state index contributed by atoms with van der Waals surface area (Å²) in [5, 5.41) is 2.20. The van der Waals surface area contributed by atoms with Gasteiger partial charge in [-0.1, -0.05) is 36.4 Å². The molecular weight excluding hydrogens is 288 g/mol. The van der Waals surface area contributed by atoms with Gasteiger partial charge in [-0.2, -0.15) is 0 Å². The number of benzene rings is 1. The summed E-state index contributed by atoms with van der Waals surface area (Å²) in [4.78, 5) is 13.7. The lowest BCUT2D eigenvalue weighted by molar-refractivity contribution is -0.144. The Kier molecular flexibility index (Phi) is 3.94. The minimum Gasteiger partial charge on any atom is -0.457 e. The van der Waals surface area contributed by atoms with Gasteiger partial charge in [-0.25, -0.2) is 0 Å². The van der Waals surface area contributed by atoms with Crippen molar-refractivity contribution in [3.63, 3.8) is 0 Å². The molecule has 0 spiro atoms. The van der Waals surface area contributed by atoms with Crippen LogP contribution in [0.4, 0.5) is 0 Å². The van der Waals surface area contributed by atoms with Crippen LogP contribution >= 0.6 is 23.1 Å². The minimum atomic E-state index is -0.236. The van der Waals surface area contributed by atoms with Crippen LogP contribution in [0.25, 0.3) is 4.91 Å². The SMILES string of the molecule is CC(=O)OC1C=C(c2cccs2)SC1c1ccccc1.